The third kappa shape index (κ3) is 3.85. The van der Waals surface area contributed by atoms with Gasteiger partial charge in [0.15, 0.2) is 0 Å². The number of nitrogens with zero attached hydrogens (tertiary/aromatic N) is 3. The van der Waals surface area contributed by atoms with Gasteiger partial charge in [0.25, 0.3) is 11.8 Å². The van der Waals surface area contributed by atoms with Crippen LogP contribution in [0, 0.1) is 5.92 Å². The van der Waals surface area contributed by atoms with Crippen molar-refractivity contribution in [3.63, 3.8) is 0 Å². The Balaban J connectivity index is 1.52. The summed E-state index contributed by atoms with van der Waals surface area (Å²) in [4.78, 5) is 28.2. The number of amides is 2. The zero-order valence-electron chi connectivity index (χ0n) is 18.4. The van der Waals surface area contributed by atoms with Gasteiger partial charge in [0.2, 0.25) is 0 Å². The van der Waals surface area contributed by atoms with Gasteiger partial charge in [-0.05, 0) is 56.0 Å². The molecule has 0 bridgehead atoms. The van der Waals surface area contributed by atoms with Crippen LogP contribution in [0.25, 0.3) is 5.69 Å². The first kappa shape index (κ1) is 22.2. The molecule has 5 rings (SSSR count). The van der Waals surface area contributed by atoms with Crippen LogP contribution in [0.1, 0.15) is 47.2 Å². The van der Waals surface area contributed by atoms with Crippen molar-refractivity contribution in [2.24, 2.45) is 5.92 Å². The minimum atomic E-state index is -4.56. The molecule has 2 aliphatic rings. The number of para-hydroxylation sites is 1. The van der Waals surface area contributed by atoms with E-state index in [1.165, 1.54) is 12.1 Å². The molecule has 176 valence electrons. The van der Waals surface area contributed by atoms with Gasteiger partial charge in [0, 0.05) is 23.6 Å². The highest BCUT2D eigenvalue weighted by Crippen LogP contribution is 2.50. The number of rotatable bonds is 5. The number of carbonyl (C=O) groups excluding carboxylic acids is 2. The highest BCUT2D eigenvalue weighted by atomic mass is 19.4. The quantitative estimate of drug-likeness (QED) is 0.598. The van der Waals surface area contributed by atoms with Crippen LogP contribution in [0.15, 0.2) is 60.8 Å². The number of halogens is 3. The Morgan fingerprint density at radius 2 is 1.85 bits per heavy atom. The molecule has 3 aromatic rings. The first-order chi connectivity index (χ1) is 16.3. The van der Waals surface area contributed by atoms with Crippen LogP contribution in [-0.4, -0.2) is 34.2 Å². The average molecular weight is 468 g/mol. The van der Waals surface area contributed by atoms with E-state index in [1.807, 2.05) is 37.3 Å². The van der Waals surface area contributed by atoms with Gasteiger partial charge in [-0.2, -0.15) is 18.3 Å². The molecule has 0 radical (unpaired) electrons. The smallest absolute Gasteiger partial charge is 0.340 e. The molecule has 0 unspecified atom stereocenters. The van der Waals surface area contributed by atoms with E-state index in [0.717, 1.165) is 36.2 Å². The molecule has 1 N–H and O–H groups in total. The first-order valence-electron chi connectivity index (χ1n) is 11.2. The number of hydrogen-bond acceptors (Lipinski definition) is 3. The van der Waals surface area contributed by atoms with Crippen LogP contribution >= 0.6 is 0 Å². The van der Waals surface area contributed by atoms with E-state index in [0.29, 0.717) is 12.4 Å². The number of aromatic nitrogens is 2. The molecular weight excluding hydrogens is 445 g/mol. The molecule has 34 heavy (non-hydrogen) atoms. The van der Waals surface area contributed by atoms with Crippen molar-refractivity contribution < 1.29 is 22.8 Å². The molecule has 2 atom stereocenters. The highest BCUT2D eigenvalue weighted by Gasteiger charge is 2.49. The van der Waals surface area contributed by atoms with Crippen LogP contribution in [0.3, 0.4) is 0 Å². The number of hydrogen-bond donors (Lipinski definition) is 1. The minimum Gasteiger partial charge on any atom is -0.340 e. The minimum absolute atomic E-state index is 0.133. The van der Waals surface area contributed by atoms with Crippen molar-refractivity contribution >= 4 is 17.6 Å². The molecule has 0 spiro atoms. The standard InChI is InChI=1S/C25H23F3N4O2/c1-2-31-23-19(14-29-32(23)18-9-4-3-5-10-18)20(15-11-12-15)21(24(31)34)30-22(33)16-7-6-8-17(13-16)25(26,27)28/h3-10,13-15,20-21H,2,11-12H2,1H3,(H,30,33)/t20-,21-/m0/s1. The summed E-state index contributed by atoms with van der Waals surface area (Å²) in [5.41, 5.74) is 0.639. The molecule has 1 aliphatic carbocycles. The maximum Gasteiger partial charge on any atom is 0.416 e. The largest absolute Gasteiger partial charge is 0.416 e. The summed E-state index contributed by atoms with van der Waals surface area (Å²) < 4.78 is 41.1. The zero-order chi connectivity index (χ0) is 24.0. The molecule has 2 heterocycles. The van der Waals surface area contributed by atoms with Crippen LogP contribution in [0.2, 0.25) is 0 Å². The van der Waals surface area contributed by atoms with Gasteiger partial charge in [0.1, 0.15) is 11.9 Å². The van der Waals surface area contributed by atoms with E-state index in [2.05, 4.69) is 10.4 Å². The van der Waals surface area contributed by atoms with Gasteiger partial charge >= 0.3 is 6.18 Å². The molecule has 1 aliphatic heterocycles. The highest BCUT2D eigenvalue weighted by molar-refractivity contribution is 6.04. The van der Waals surface area contributed by atoms with Gasteiger partial charge < -0.3 is 5.32 Å². The van der Waals surface area contributed by atoms with Gasteiger partial charge in [-0.15, -0.1) is 0 Å². The van der Waals surface area contributed by atoms with Crippen LogP contribution in [0.5, 0.6) is 0 Å². The second kappa shape index (κ2) is 8.30. The fourth-order valence-corrected chi connectivity index (χ4v) is 4.72. The number of anilines is 1. The Hall–Kier alpha value is -3.62. The summed E-state index contributed by atoms with van der Waals surface area (Å²) >= 11 is 0. The fraction of sp³-hybridized carbons (Fsp3) is 0.320. The lowest BCUT2D eigenvalue weighted by atomic mass is 9.84. The molecule has 9 heteroatoms. The molecule has 1 saturated carbocycles. The van der Waals surface area contributed by atoms with E-state index < -0.39 is 23.7 Å². The molecule has 1 fully saturated rings. The zero-order valence-corrected chi connectivity index (χ0v) is 18.4. The van der Waals surface area contributed by atoms with E-state index in [-0.39, 0.29) is 23.3 Å². The molecule has 1 aromatic heterocycles. The lowest BCUT2D eigenvalue weighted by Gasteiger charge is -2.38. The van der Waals surface area contributed by atoms with Gasteiger partial charge in [-0.1, -0.05) is 24.3 Å². The third-order valence-corrected chi connectivity index (χ3v) is 6.46. The van der Waals surface area contributed by atoms with Crippen molar-refractivity contribution in [1.82, 2.24) is 15.1 Å². The molecule has 2 aromatic carbocycles. The fourth-order valence-electron chi connectivity index (χ4n) is 4.72. The average Bonchev–Trinajstić information content (AvgIpc) is 3.58. The van der Waals surface area contributed by atoms with Crippen LogP contribution in [-0.2, 0) is 11.0 Å². The van der Waals surface area contributed by atoms with Crippen molar-refractivity contribution in [2.75, 3.05) is 11.4 Å². The predicted molar refractivity (Wildman–Crippen MR) is 120 cm³/mol. The molecular formula is C25H23F3N4O2. The third-order valence-electron chi connectivity index (χ3n) is 6.46. The van der Waals surface area contributed by atoms with E-state index in [9.17, 15) is 22.8 Å². The number of carbonyl (C=O) groups is 2. The molecule has 6 nitrogen and oxygen atoms in total. The molecule has 2 amide bonds. The number of nitrogens with one attached hydrogen (secondary N) is 1. The van der Waals surface area contributed by atoms with Crippen LogP contribution in [0.4, 0.5) is 19.0 Å². The van der Waals surface area contributed by atoms with Crippen molar-refractivity contribution in [3.05, 3.63) is 77.5 Å². The van der Waals surface area contributed by atoms with E-state index >= 15 is 0 Å². The SMILES string of the molecule is CCN1C(=O)[C@@H](NC(=O)c2cccc(C(F)(F)F)c2)[C@@H](C2CC2)c2cnn(-c3ccccc3)c21. The normalized spacial score (nSPS) is 20.2. The van der Waals surface area contributed by atoms with Crippen molar-refractivity contribution in [1.29, 1.82) is 0 Å². The van der Waals surface area contributed by atoms with Crippen LogP contribution < -0.4 is 10.2 Å². The van der Waals surface area contributed by atoms with Gasteiger partial charge in [0.05, 0.1) is 17.4 Å². The maximum absolute atomic E-state index is 13.6. The second-order valence-electron chi connectivity index (χ2n) is 8.65. The van der Waals surface area contributed by atoms with Crippen molar-refractivity contribution in [3.8, 4) is 5.69 Å². The van der Waals surface area contributed by atoms with Gasteiger partial charge in [-0.3, -0.25) is 14.5 Å². The van der Waals surface area contributed by atoms with Gasteiger partial charge in [-0.25, -0.2) is 4.68 Å². The number of fused-ring (bicyclic) bond motifs is 1. The first-order valence-corrected chi connectivity index (χ1v) is 11.2. The Morgan fingerprint density at radius 3 is 2.50 bits per heavy atom. The lowest BCUT2D eigenvalue weighted by Crippen LogP contribution is -2.55. The summed E-state index contributed by atoms with van der Waals surface area (Å²) in [5, 5.41) is 7.31. The van der Waals surface area contributed by atoms with E-state index in [4.69, 9.17) is 0 Å². The Morgan fingerprint density at radius 1 is 1.12 bits per heavy atom. The number of likely N-dealkylation sites (N-methyl/N-ethyl adjacent to an activating group) is 1. The van der Waals surface area contributed by atoms with Crippen molar-refractivity contribution in [2.45, 2.75) is 37.9 Å². The summed E-state index contributed by atoms with van der Waals surface area (Å²) in [6.07, 6.45) is -0.997. The Labute approximate surface area is 194 Å². The lowest BCUT2D eigenvalue weighted by molar-refractivity contribution is -0.137. The second-order valence-corrected chi connectivity index (χ2v) is 8.65. The topological polar surface area (TPSA) is 67.2 Å². The van der Waals surface area contributed by atoms with E-state index in [1.54, 1.807) is 15.8 Å². The molecule has 0 saturated heterocycles. The number of benzene rings is 2. The predicted octanol–water partition coefficient (Wildman–Crippen LogP) is 4.55. The summed E-state index contributed by atoms with van der Waals surface area (Å²) in [6, 6.07) is 12.8. The summed E-state index contributed by atoms with van der Waals surface area (Å²) in [6.45, 7) is 2.20. The monoisotopic (exact) mass is 468 g/mol. The maximum atomic E-state index is 13.6. The summed E-state index contributed by atoms with van der Waals surface area (Å²) in [7, 11) is 0. The summed E-state index contributed by atoms with van der Waals surface area (Å²) in [5.74, 6) is -0.408. The Bertz CT molecular complexity index is 1230. The number of alkyl halides is 3. The Kier molecular flexibility index (Phi) is 5.42.